The summed E-state index contributed by atoms with van der Waals surface area (Å²) in [6, 6.07) is 10.4. The number of carbonyl (C=O) groups is 2. The van der Waals surface area contributed by atoms with Gasteiger partial charge in [-0.1, -0.05) is 12.1 Å². The van der Waals surface area contributed by atoms with Gasteiger partial charge >= 0.3 is 0 Å². The van der Waals surface area contributed by atoms with Crippen molar-refractivity contribution >= 4 is 23.0 Å². The van der Waals surface area contributed by atoms with Crippen LogP contribution in [-0.2, 0) is 0 Å². The summed E-state index contributed by atoms with van der Waals surface area (Å²) in [6.45, 7) is 4.84. The topological polar surface area (TPSA) is 94.0 Å². The SMILES string of the molecule is C=CCNC(=O)c1nc(C(=O)Nc2ccc3c(c2)OCCO3)n2ccccc12. The third-order valence-corrected chi connectivity index (χ3v) is 4.17. The second-order valence-electron chi connectivity index (χ2n) is 6.05. The van der Waals surface area contributed by atoms with Crippen LogP contribution in [0.4, 0.5) is 5.69 Å². The average Bonchev–Trinajstić information content (AvgIpc) is 3.12. The standard InChI is InChI=1S/C20H18N4O4/c1-2-8-21-19(25)17-14-5-3-4-9-24(14)18(23-17)20(26)22-13-6-7-15-16(12-13)28-11-10-27-15/h2-7,9,12H,1,8,10-11H2,(H,21,25)(H,22,26). The van der Waals surface area contributed by atoms with Gasteiger partial charge in [-0.25, -0.2) is 4.98 Å². The number of ether oxygens (including phenoxy) is 2. The lowest BCUT2D eigenvalue weighted by atomic mass is 10.2. The molecule has 0 radical (unpaired) electrons. The lowest BCUT2D eigenvalue weighted by Crippen LogP contribution is -2.24. The number of pyridine rings is 1. The molecule has 2 N–H and O–H groups in total. The molecule has 142 valence electrons. The predicted octanol–water partition coefficient (Wildman–Crippen LogP) is 2.27. The van der Waals surface area contributed by atoms with E-state index in [1.165, 1.54) is 0 Å². The number of amides is 2. The quantitative estimate of drug-likeness (QED) is 0.665. The number of imidazole rings is 1. The highest BCUT2D eigenvalue weighted by atomic mass is 16.6. The van der Waals surface area contributed by atoms with Crippen molar-refractivity contribution in [1.82, 2.24) is 14.7 Å². The normalized spacial score (nSPS) is 12.4. The summed E-state index contributed by atoms with van der Waals surface area (Å²) in [4.78, 5) is 29.5. The minimum atomic E-state index is -0.444. The second-order valence-corrected chi connectivity index (χ2v) is 6.05. The maximum atomic E-state index is 12.8. The number of hydrogen-bond donors (Lipinski definition) is 2. The first-order chi connectivity index (χ1) is 13.7. The van der Waals surface area contributed by atoms with Crippen molar-refractivity contribution in [2.75, 3.05) is 25.1 Å². The number of aromatic nitrogens is 2. The minimum absolute atomic E-state index is 0.106. The highest BCUT2D eigenvalue weighted by molar-refractivity contribution is 6.06. The zero-order valence-corrected chi connectivity index (χ0v) is 15.0. The summed E-state index contributed by atoms with van der Waals surface area (Å²) in [5.74, 6) is 0.495. The van der Waals surface area contributed by atoms with Gasteiger partial charge in [-0.2, -0.15) is 0 Å². The van der Waals surface area contributed by atoms with E-state index in [1.54, 1.807) is 53.1 Å². The molecule has 1 aromatic carbocycles. The van der Waals surface area contributed by atoms with Gasteiger partial charge in [0.05, 0.1) is 5.52 Å². The van der Waals surface area contributed by atoms with Crippen LogP contribution in [0.2, 0.25) is 0 Å². The summed E-state index contributed by atoms with van der Waals surface area (Å²) in [5.41, 5.74) is 1.26. The predicted molar refractivity (Wildman–Crippen MR) is 103 cm³/mol. The van der Waals surface area contributed by atoms with E-state index in [1.807, 2.05) is 0 Å². The van der Waals surface area contributed by atoms with Crippen molar-refractivity contribution in [2.24, 2.45) is 0 Å². The molecule has 0 bridgehead atoms. The van der Waals surface area contributed by atoms with Gasteiger partial charge in [0.15, 0.2) is 17.2 Å². The Morgan fingerprint density at radius 3 is 2.79 bits per heavy atom. The molecule has 28 heavy (non-hydrogen) atoms. The van der Waals surface area contributed by atoms with Crippen LogP contribution >= 0.6 is 0 Å². The molecule has 1 aliphatic rings. The molecule has 8 nitrogen and oxygen atoms in total. The van der Waals surface area contributed by atoms with Crippen LogP contribution in [0.1, 0.15) is 21.1 Å². The van der Waals surface area contributed by atoms with E-state index in [-0.39, 0.29) is 17.4 Å². The van der Waals surface area contributed by atoms with Gasteiger partial charge in [0, 0.05) is 24.5 Å². The van der Waals surface area contributed by atoms with Gasteiger partial charge in [0.2, 0.25) is 5.82 Å². The smallest absolute Gasteiger partial charge is 0.292 e. The van der Waals surface area contributed by atoms with E-state index < -0.39 is 5.91 Å². The monoisotopic (exact) mass is 378 g/mol. The number of nitrogens with zero attached hydrogens (tertiary/aromatic N) is 2. The zero-order valence-electron chi connectivity index (χ0n) is 15.0. The van der Waals surface area contributed by atoms with E-state index in [0.717, 1.165) is 0 Å². The molecular weight excluding hydrogens is 360 g/mol. The molecule has 0 fully saturated rings. The van der Waals surface area contributed by atoms with Crippen molar-refractivity contribution in [3.63, 3.8) is 0 Å². The Labute approximate surface area is 160 Å². The molecule has 4 rings (SSSR count). The third kappa shape index (κ3) is 3.27. The van der Waals surface area contributed by atoms with Gasteiger partial charge in [0.25, 0.3) is 11.8 Å². The van der Waals surface area contributed by atoms with E-state index >= 15 is 0 Å². The van der Waals surface area contributed by atoms with Crippen molar-refractivity contribution in [3.8, 4) is 11.5 Å². The van der Waals surface area contributed by atoms with Gasteiger partial charge in [-0.05, 0) is 24.3 Å². The van der Waals surface area contributed by atoms with Crippen LogP contribution in [0.15, 0.2) is 55.3 Å². The van der Waals surface area contributed by atoms with Gasteiger partial charge in [0.1, 0.15) is 13.2 Å². The highest BCUT2D eigenvalue weighted by Crippen LogP contribution is 2.32. The lowest BCUT2D eigenvalue weighted by Gasteiger charge is -2.18. The molecule has 3 heterocycles. The Balaban J connectivity index is 1.64. The van der Waals surface area contributed by atoms with Crippen LogP contribution in [-0.4, -0.2) is 41.0 Å². The Kier molecular flexibility index (Phi) is 4.67. The van der Waals surface area contributed by atoms with Crippen LogP contribution in [0, 0.1) is 0 Å². The van der Waals surface area contributed by atoms with Crippen molar-refractivity contribution in [2.45, 2.75) is 0 Å². The summed E-state index contributed by atoms with van der Waals surface area (Å²) in [7, 11) is 0. The van der Waals surface area contributed by atoms with Gasteiger partial charge in [-0.15, -0.1) is 6.58 Å². The highest BCUT2D eigenvalue weighted by Gasteiger charge is 2.22. The zero-order chi connectivity index (χ0) is 19.5. The molecule has 1 aliphatic heterocycles. The molecule has 0 aliphatic carbocycles. The fourth-order valence-electron chi connectivity index (χ4n) is 2.92. The average molecular weight is 378 g/mol. The molecule has 0 saturated heterocycles. The molecule has 2 amide bonds. The van der Waals surface area contributed by atoms with E-state index in [4.69, 9.17) is 9.47 Å². The molecule has 2 aromatic heterocycles. The lowest BCUT2D eigenvalue weighted by molar-refractivity contribution is 0.0955. The number of nitrogens with one attached hydrogen (secondary N) is 2. The van der Waals surface area contributed by atoms with E-state index in [9.17, 15) is 9.59 Å². The Bertz CT molecular complexity index is 1070. The summed E-state index contributed by atoms with van der Waals surface area (Å²) < 4.78 is 12.6. The van der Waals surface area contributed by atoms with Crippen LogP contribution < -0.4 is 20.1 Å². The first kappa shape index (κ1) is 17.6. The fourth-order valence-corrected chi connectivity index (χ4v) is 2.92. The summed E-state index contributed by atoms with van der Waals surface area (Å²) in [6.07, 6.45) is 3.26. The summed E-state index contributed by atoms with van der Waals surface area (Å²) >= 11 is 0. The molecule has 0 saturated carbocycles. The maximum Gasteiger partial charge on any atom is 0.292 e. The largest absolute Gasteiger partial charge is 0.486 e. The number of rotatable bonds is 5. The summed E-state index contributed by atoms with van der Waals surface area (Å²) in [5, 5.41) is 5.47. The van der Waals surface area contributed by atoms with Gasteiger partial charge < -0.3 is 20.1 Å². The molecule has 8 heteroatoms. The maximum absolute atomic E-state index is 12.8. The Morgan fingerprint density at radius 2 is 1.96 bits per heavy atom. The van der Waals surface area contributed by atoms with Crippen LogP contribution in [0.25, 0.3) is 5.52 Å². The van der Waals surface area contributed by atoms with Crippen molar-refractivity contribution in [3.05, 3.63) is 66.8 Å². The number of benzene rings is 1. The Hall–Kier alpha value is -3.81. The molecule has 0 unspecified atom stereocenters. The minimum Gasteiger partial charge on any atom is -0.486 e. The number of fused-ring (bicyclic) bond motifs is 2. The first-order valence-corrected chi connectivity index (χ1v) is 8.74. The number of anilines is 1. The van der Waals surface area contributed by atoms with Crippen LogP contribution in [0.5, 0.6) is 11.5 Å². The van der Waals surface area contributed by atoms with Crippen LogP contribution in [0.3, 0.4) is 0 Å². The fraction of sp³-hybridized carbons (Fsp3) is 0.150. The number of carbonyl (C=O) groups excluding carboxylic acids is 2. The first-order valence-electron chi connectivity index (χ1n) is 8.74. The Morgan fingerprint density at radius 1 is 1.14 bits per heavy atom. The van der Waals surface area contributed by atoms with Crippen molar-refractivity contribution in [1.29, 1.82) is 0 Å². The third-order valence-electron chi connectivity index (χ3n) is 4.17. The van der Waals surface area contributed by atoms with E-state index in [2.05, 4.69) is 22.2 Å². The number of hydrogen-bond acceptors (Lipinski definition) is 5. The molecule has 0 spiro atoms. The van der Waals surface area contributed by atoms with Crippen molar-refractivity contribution < 1.29 is 19.1 Å². The second kappa shape index (κ2) is 7.43. The van der Waals surface area contributed by atoms with Gasteiger partial charge in [-0.3, -0.25) is 14.0 Å². The molecule has 3 aromatic rings. The van der Waals surface area contributed by atoms with E-state index in [0.29, 0.717) is 42.5 Å². The molecule has 0 atom stereocenters. The molecular formula is C20H18N4O4.